The van der Waals surface area contributed by atoms with Gasteiger partial charge >= 0.3 is 0 Å². The lowest BCUT2D eigenvalue weighted by molar-refractivity contribution is 1.07. The second-order valence-corrected chi connectivity index (χ2v) is 9.67. The minimum absolute atomic E-state index is 0.943. The van der Waals surface area contributed by atoms with Crippen LogP contribution in [0.15, 0.2) is 113 Å². The molecule has 34 heavy (non-hydrogen) atoms. The van der Waals surface area contributed by atoms with Gasteiger partial charge in [0, 0.05) is 28.1 Å². The molecule has 6 rings (SSSR count). The zero-order valence-electron chi connectivity index (χ0n) is 19.1. The minimum atomic E-state index is 0.943. The highest BCUT2D eigenvalue weighted by atomic mass is 32.2. The first-order valence-electron chi connectivity index (χ1n) is 11.3. The lowest BCUT2D eigenvalue weighted by Crippen LogP contribution is -1.97. The lowest BCUT2D eigenvalue weighted by atomic mass is 10.0. The predicted octanol–water partition coefficient (Wildman–Crippen LogP) is 8.01. The summed E-state index contributed by atoms with van der Waals surface area (Å²) in [5.41, 5.74) is 7.12. The average molecular weight is 458 g/mol. The summed E-state index contributed by atoms with van der Waals surface area (Å²) < 4.78 is 2.27. The summed E-state index contributed by atoms with van der Waals surface area (Å²) in [5, 5.41) is 3.48. The Kier molecular flexibility index (Phi) is 5.16. The summed E-state index contributed by atoms with van der Waals surface area (Å²) in [7, 11) is 0. The third kappa shape index (κ3) is 3.76. The van der Waals surface area contributed by atoms with Crippen LogP contribution in [-0.2, 0) is 0 Å². The molecule has 0 N–H and O–H groups in total. The van der Waals surface area contributed by atoms with Gasteiger partial charge in [0.05, 0.1) is 11.0 Å². The first-order valence-corrected chi connectivity index (χ1v) is 12.1. The molecular weight excluding hydrogens is 434 g/mol. The monoisotopic (exact) mass is 457 g/mol. The van der Waals surface area contributed by atoms with Crippen LogP contribution in [0.1, 0.15) is 11.1 Å². The van der Waals surface area contributed by atoms with E-state index in [1.54, 1.807) is 11.8 Å². The van der Waals surface area contributed by atoms with E-state index in [1.807, 2.05) is 24.5 Å². The molecule has 3 aromatic heterocycles. The van der Waals surface area contributed by atoms with Crippen molar-refractivity contribution in [3.05, 3.63) is 115 Å². The van der Waals surface area contributed by atoms with Crippen LogP contribution in [-0.4, -0.2) is 14.5 Å². The molecule has 0 atom stereocenters. The molecule has 0 aliphatic carbocycles. The van der Waals surface area contributed by atoms with Crippen molar-refractivity contribution in [1.29, 1.82) is 0 Å². The second-order valence-electron chi connectivity index (χ2n) is 8.58. The first-order chi connectivity index (χ1) is 16.7. The van der Waals surface area contributed by atoms with Gasteiger partial charge in [0.25, 0.3) is 0 Å². The van der Waals surface area contributed by atoms with E-state index in [0.29, 0.717) is 0 Å². The molecule has 6 aromatic rings. The molecule has 0 radical (unpaired) electrons. The Hall–Kier alpha value is -3.89. The number of nitrogens with zero attached hydrogens (tertiary/aromatic N) is 3. The SMILES string of the molecule is Cc1ccnc(Sc2cccc(-c3ccc4c5ccccc5n(-c5cc(C)ccn5)c4c3)c2)c1. The van der Waals surface area contributed by atoms with Gasteiger partial charge in [0.2, 0.25) is 0 Å². The van der Waals surface area contributed by atoms with Crippen LogP contribution in [0.25, 0.3) is 38.8 Å². The summed E-state index contributed by atoms with van der Waals surface area (Å²) in [4.78, 5) is 10.4. The highest BCUT2D eigenvalue weighted by Crippen LogP contribution is 2.36. The van der Waals surface area contributed by atoms with Gasteiger partial charge in [-0.25, -0.2) is 9.97 Å². The van der Waals surface area contributed by atoms with Gasteiger partial charge in [-0.3, -0.25) is 4.57 Å². The lowest BCUT2D eigenvalue weighted by Gasteiger charge is -2.09. The molecule has 0 bridgehead atoms. The molecule has 0 unspecified atom stereocenters. The largest absolute Gasteiger partial charge is 0.294 e. The van der Waals surface area contributed by atoms with Crippen molar-refractivity contribution >= 4 is 33.6 Å². The fraction of sp³-hybridized carbons (Fsp3) is 0.0667. The zero-order chi connectivity index (χ0) is 23.1. The zero-order valence-corrected chi connectivity index (χ0v) is 19.9. The maximum absolute atomic E-state index is 4.71. The molecule has 0 fully saturated rings. The quantitative estimate of drug-likeness (QED) is 0.269. The van der Waals surface area contributed by atoms with E-state index >= 15 is 0 Å². The molecule has 0 spiro atoms. The van der Waals surface area contributed by atoms with Crippen molar-refractivity contribution in [3.8, 4) is 16.9 Å². The summed E-state index contributed by atoms with van der Waals surface area (Å²) in [6, 6.07) is 32.3. The van der Waals surface area contributed by atoms with E-state index < -0.39 is 0 Å². The molecular formula is C30H23N3S. The normalized spacial score (nSPS) is 11.4. The number of aryl methyl sites for hydroxylation is 2. The van der Waals surface area contributed by atoms with Crippen LogP contribution in [0.2, 0.25) is 0 Å². The molecule has 3 aromatic carbocycles. The van der Waals surface area contributed by atoms with Crippen LogP contribution in [0.3, 0.4) is 0 Å². The van der Waals surface area contributed by atoms with Gasteiger partial charge in [-0.2, -0.15) is 0 Å². The molecule has 3 heterocycles. The van der Waals surface area contributed by atoms with Gasteiger partial charge in [-0.05, 0) is 84.6 Å². The van der Waals surface area contributed by atoms with Crippen molar-refractivity contribution in [3.63, 3.8) is 0 Å². The molecule has 0 aliphatic heterocycles. The Bertz CT molecular complexity index is 1670. The molecule has 164 valence electrons. The molecule has 3 nitrogen and oxygen atoms in total. The summed E-state index contributed by atoms with van der Waals surface area (Å²) >= 11 is 1.69. The molecule has 0 saturated carbocycles. The smallest absolute Gasteiger partial charge is 0.137 e. The van der Waals surface area contributed by atoms with Crippen LogP contribution in [0, 0.1) is 13.8 Å². The van der Waals surface area contributed by atoms with E-state index in [0.717, 1.165) is 16.4 Å². The van der Waals surface area contributed by atoms with E-state index in [9.17, 15) is 0 Å². The fourth-order valence-electron chi connectivity index (χ4n) is 4.46. The van der Waals surface area contributed by atoms with Crippen LogP contribution < -0.4 is 0 Å². The maximum Gasteiger partial charge on any atom is 0.137 e. The molecule has 4 heteroatoms. The van der Waals surface area contributed by atoms with E-state index in [-0.39, 0.29) is 0 Å². The van der Waals surface area contributed by atoms with Gasteiger partial charge in [-0.1, -0.05) is 54.2 Å². The minimum Gasteiger partial charge on any atom is -0.294 e. The van der Waals surface area contributed by atoms with Crippen molar-refractivity contribution in [2.45, 2.75) is 23.8 Å². The molecule has 0 amide bonds. The number of fused-ring (bicyclic) bond motifs is 3. The highest BCUT2D eigenvalue weighted by molar-refractivity contribution is 7.99. The van der Waals surface area contributed by atoms with Crippen molar-refractivity contribution in [1.82, 2.24) is 14.5 Å². The van der Waals surface area contributed by atoms with E-state index in [1.165, 1.54) is 43.4 Å². The topological polar surface area (TPSA) is 30.7 Å². The number of pyridine rings is 2. The predicted molar refractivity (Wildman–Crippen MR) is 142 cm³/mol. The number of para-hydroxylation sites is 1. The summed E-state index contributed by atoms with van der Waals surface area (Å²) in [5.74, 6) is 0.943. The van der Waals surface area contributed by atoms with Gasteiger partial charge in [-0.15, -0.1) is 0 Å². The van der Waals surface area contributed by atoms with Gasteiger partial charge in [0.1, 0.15) is 10.8 Å². The maximum atomic E-state index is 4.71. The molecule has 0 aliphatic rings. The van der Waals surface area contributed by atoms with E-state index in [4.69, 9.17) is 4.98 Å². The van der Waals surface area contributed by atoms with Crippen LogP contribution in [0.5, 0.6) is 0 Å². The average Bonchev–Trinajstić information content (AvgIpc) is 3.18. The first kappa shape index (κ1) is 20.7. The molecule has 0 saturated heterocycles. The van der Waals surface area contributed by atoms with Crippen molar-refractivity contribution in [2.75, 3.05) is 0 Å². The fourth-order valence-corrected chi connectivity index (χ4v) is 5.40. The number of rotatable bonds is 4. The third-order valence-electron chi connectivity index (χ3n) is 6.08. The Labute approximate surface area is 203 Å². The number of aromatic nitrogens is 3. The summed E-state index contributed by atoms with van der Waals surface area (Å²) in [6.45, 7) is 4.20. The van der Waals surface area contributed by atoms with Crippen molar-refractivity contribution in [2.24, 2.45) is 0 Å². The standard InChI is InChI=1S/C30H23N3S/c1-20-12-14-31-29(16-20)33-27-9-4-3-8-25(27)26-11-10-23(19-28(26)33)22-6-5-7-24(18-22)34-30-17-21(2)13-15-32-30/h3-19H,1-2H3. The number of benzene rings is 3. The van der Waals surface area contributed by atoms with Gasteiger partial charge in [0.15, 0.2) is 0 Å². The Morgan fingerprint density at radius 2 is 1.38 bits per heavy atom. The second kappa shape index (κ2) is 8.47. The van der Waals surface area contributed by atoms with Crippen LogP contribution in [0.4, 0.5) is 0 Å². The number of hydrogen-bond acceptors (Lipinski definition) is 3. The summed E-state index contributed by atoms with van der Waals surface area (Å²) in [6.07, 6.45) is 3.75. The Morgan fingerprint density at radius 1 is 0.618 bits per heavy atom. The number of hydrogen-bond donors (Lipinski definition) is 0. The Morgan fingerprint density at radius 3 is 2.24 bits per heavy atom. The highest BCUT2D eigenvalue weighted by Gasteiger charge is 2.14. The van der Waals surface area contributed by atoms with Crippen molar-refractivity contribution < 1.29 is 0 Å². The Balaban J connectivity index is 1.49. The van der Waals surface area contributed by atoms with E-state index in [2.05, 4.69) is 102 Å². The third-order valence-corrected chi connectivity index (χ3v) is 7.01. The van der Waals surface area contributed by atoms with Gasteiger partial charge < -0.3 is 0 Å². The van der Waals surface area contributed by atoms with Crippen LogP contribution >= 0.6 is 11.8 Å².